The van der Waals surface area contributed by atoms with Crippen LogP contribution in [0.25, 0.3) is 0 Å². The van der Waals surface area contributed by atoms with Gasteiger partial charge in [0.1, 0.15) is 5.82 Å². The Labute approximate surface area is 74.7 Å². The lowest BCUT2D eigenvalue weighted by molar-refractivity contribution is 0.602. The third kappa shape index (κ3) is 2.88. The molecule has 0 amide bonds. The summed E-state index contributed by atoms with van der Waals surface area (Å²) in [5.74, 6) is -0.611. The Bertz CT molecular complexity index is 418. The van der Waals surface area contributed by atoms with Crippen molar-refractivity contribution in [2.75, 3.05) is 10.5 Å². The molecule has 1 aromatic carbocycles. The minimum Gasteiger partial charge on any atom is -0.396 e. The molecular formula is C6H8FN3O2S. The van der Waals surface area contributed by atoms with Crippen LogP contribution in [0.2, 0.25) is 0 Å². The zero-order chi connectivity index (χ0) is 10.1. The maximum absolute atomic E-state index is 12.6. The van der Waals surface area contributed by atoms with Gasteiger partial charge in [-0.3, -0.25) is 4.72 Å². The number of benzene rings is 1. The molecule has 0 radical (unpaired) electrons. The predicted molar refractivity (Wildman–Crippen MR) is 47.5 cm³/mol. The number of rotatable bonds is 2. The number of nitrogen functional groups attached to an aromatic ring is 1. The Kier molecular flexibility index (Phi) is 2.39. The van der Waals surface area contributed by atoms with Crippen molar-refractivity contribution in [2.45, 2.75) is 0 Å². The summed E-state index contributed by atoms with van der Waals surface area (Å²) >= 11 is 0. The smallest absolute Gasteiger partial charge is 0.296 e. The first-order valence-corrected chi connectivity index (χ1v) is 4.79. The summed E-state index contributed by atoms with van der Waals surface area (Å²) in [6.07, 6.45) is 0. The van der Waals surface area contributed by atoms with E-state index in [2.05, 4.69) is 5.14 Å². The standard InChI is InChI=1S/C6H8FN3O2S/c7-5-2-1-4(3-6(5)8)10-13(9,11)12/h1-3,10H,8H2,(H2,9,11,12). The number of hydrogen-bond donors (Lipinski definition) is 3. The molecule has 0 spiro atoms. The number of halogens is 1. The van der Waals surface area contributed by atoms with Crippen molar-refractivity contribution in [3.05, 3.63) is 24.0 Å². The summed E-state index contributed by atoms with van der Waals surface area (Å²) in [6, 6.07) is 3.40. The first-order chi connectivity index (χ1) is 5.88. The molecule has 13 heavy (non-hydrogen) atoms. The minimum absolute atomic E-state index is 0.126. The van der Waals surface area contributed by atoms with Gasteiger partial charge in [0.25, 0.3) is 10.2 Å². The molecule has 0 aliphatic rings. The van der Waals surface area contributed by atoms with Crippen molar-refractivity contribution in [2.24, 2.45) is 5.14 Å². The molecule has 7 heteroatoms. The highest BCUT2D eigenvalue weighted by Gasteiger charge is 2.04. The van der Waals surface area contributed by atoms with E-state index < -0.39 is 16.0 Å². The van der Waals surface area contributed by atoms with Gasteiger partial charge in [0.2, 0.25) is 0 Å². The van der Waals surface area contributed by atoms with Crippen LogP contribution < -0.4 is 15.6 Å². The highest BCUT2D eigenvalue weighted by atomic mass is 32.2. The lowest BCUT2D eigenvalue weighted by Gasteiger charge is -2.04. The number of nitrogens with one attached hydrogen (secondary N) is 1. The van der Waals surface area contributed by atoms with Crippen molar-refractivity contribution in [3.63, 3.8) is 0 Å². The molecule has 0 heterocycles. The second-order valence-electron chi connectivity index (χ2n) is 2.38. The maximum atomic E-state index is 12.6. The van der Waals surface area contributed by atoms with Gasteiger partial charge in [-0.15, -0.1) is 0 Å². The molecule has 5 nitrogen and oxygen atoms in total. The lowest BCUT2D eigenvalue weighted by Crippen LogP contribution is -2.21. The van der Waals surface area contributed by atoms with Crippen LogP contribution in [-0.2, 0) is 10.2 Å². The Morgan fingerprint density at radius 3 is 2.46 bits per heavy atom. The van der Waals surface area contributed by atoms with Crippen LogP contribution in [0.15, 0.2) is 18.2 Å². The largest absolute Gasteiger partial charge is 0.396 e. The zero-order valence-corrected chi connectivity index (χ0v) is 7.31. The number of anilines is 2. The van der Waals surface area contributed by atoms with Gasteiger partial charge in [-0.05, 0) is 18.2 Å². The van der Waals surface area contributed by atoms with E-state index in [9.17, 15) is 12.8 Å². The van der Waals surface area contributed by atoms with E-state index in [4.69, 9.17) is 5.73 Å². The summed E-state index contributed by atoms with van der Waals surface area (Å²) in [6.45, 7) is 0. The maximum Gasteiger partial charge on any atom is 0.296 e. The highest BCUT2D eigenvalue weighted by Crippen LogP contribution is 2.16. The first kappa shape index (κ1) is 9.75. The van der Waals surface area contributed by atoms with Crippen LogP contribution in [0.1, 0.15) is 0 Å². The van der Waals surface area contributed by atoms with Gasteiger partial charge in [-0.25, -0.2) is 9.53 Å². The van der Waals surface area contributed by atoms with E-state index in [1.165, 1.54) is 6.07 Å². The van der Waals surface area contributed by atoms with Gasteiger partial charge in [-0.2, -0.15) is 8.42 Å². The lowest BCUT2D eigenvalue weighted by atomic mass is 10.3. The first-order valence-electron chi connectivity index (χ1n) is 3.24. The van der Waals surface area contributed by atoms with E-state index in [1.807, 2.05) is 4.72 Å². The second kappa shape index (κ2) is 3.19. The fourth-order valence-electron chi connectivity index (χ4n) is 0.772. The third-order valence-electron chi connectivity index (χ3n) is 1.26. The molecule has 0 fully saturated rings. The fourth-order valence-corrected chi connectivity index (χ4v) is 1.23. The van der Waals surface area contributed by atoms with Crippen LogP contribution in [-0.4, -0.2) is 8.42 Å². The normalized spacial score (nSPS) is 11.2. The zero-order valence-electron chi connectivity index (χ0n) is 6.49. The van der Waals surface area contributed by atoms with E-state index in [1.54, 1.807) is 0 Å². The molecule has 0 saturated carbocycles. The van der Waals surface area contributed by atoms with Gasteiger partial charge in [-0.1, -0.05) is 0 Å². The van der Waals surface area contributed by atoms with Gasteiger partial charge in [0.05, 0.1) is 11.4 Å². The molecule has 1 rings (SSSR count). The Hall–Kier alpha value is -1.34. The van der Waals surface area contributed by atoms with E-state index >= 15 is 0 Å². The van der Waals surface area contributed by atoms with Crippen molar-refractivity contribution < 1.29 is 12.8 Å². The summed E-state index contributed by atoms with van der Waals surface area (Å²) in [7, 11) is -3.83. The van der Waals surface area contributed by atoms with Crippen LogP contribution in [0.4, 0.5) is 15.8 Å². The van der Waals surface area contributed by atoms with E-state index in [-0.39, 0.29) is 11.4 Å². The van der Waals surface area contributed by atoms with Gasteiger partial charge >= 0.3 is 0 Å². The van der Waals surface area contributed by atoms with Crippen LogP contribution in [0, 0.1) is 5.82 Å². The average Bonchev–Trinajstić information content (AvgIpc) is 1.94. The monoisotopic (exact) mass is 205 g/mol. The third-order valence-corrected chi connectivity index (χ3v) is 1.78. The van der Waals surface area contributed by atoms with Crippen LogP contribution in [0.5, 0.6) is 0 Å². The van der Waals surface area contributed by atoms with Gasteiger partial charge < -0.3 is 5.73 Å². The molecular weight excluding hydrogens is 197 g/mol. The Morgan fingerprint density at radius 2 is 2.00 bits per heavy atom. The molecule has 5 N–H and O–H groups in total. The summed E-state index contributed by atoms with van der Waals surface area (Å²) in [5.41, 5.74) is 5.17. The van der Waals surface area contributed by atoms with E-state index in [0.717, 1.165) is 12.1 Å². The Balaban J connectivity index is 2.99. The summed E-state index contributed by atoms with van der Waals surface area (Å²) in [4.78, 5) is 0. The molecule has 0 unspecified atom stereocenters. The van der Waals surface area contributed by atoms with E-state index in [0.29, 0.717) is 0 Å². The van der Waals surface area contributed by atoms with Crippen molar-refractivity contribution in [1.82, 2.24) is 0 Å². The topological polar surface area (TPSA) is 98.2 Å². The number of hydrogen-bond acceptors (Lipinski definition) is 3. The molecule has 0 aliphatic heterocycles. The second-order valence-corrected chi connectivity index (χ2v) is 3.68. The molecule has 72 valence electrons. The van der Waals surface area contributed by atoms with Crippen molar-refractivity contribution in [3.8, 4) is 0 Å². The number of nitrogens with two attached hydrogens (primary N) is 2. The molecule has 0 bridgehead atoms. The average molecular weight is 205 g/mol. The van der Waals surface area contributed by atoms with Crippen LogP contribution >= 0.6 is 0 Å². The molecule has 0 atom stereocenters. The Morgan fingerprint density at radius 1 is 1.38 bits per heavy atom. The summed E-state index contributed by atoms with van der Waals surface area (Å²) in [5, 5.41) is 4.68. The summed E-state index contributed by atoms with van der Waals surface area (Å²) < 4.78 is 35.6. The van der Waals surface area contributed by atoms with Gasteiger partial charge in [0, 0.05) is 0 Å². The highest BCUT2D eigenvalue weighted by molar-refractivity contribution is 7.90. The van der Waals surface area contributed by atoms with Crippen LogP contribution in [0.3, 0.4) is 0 Å². The molecule has 0 aliphatic carbocycles. The quantitative estimate of drug-likeness (QED) is 0.594. The predicted octanol–water partition coefficient (Wildman–Crippen LogP) is 0.0233. The minimum atomic E-state index is -3.83. The molecule has 0 aromatic heterocycles. The van der Waals surface area contributed by atoms with Crippen molar-refractivity contribution >= 4 is 21.6 Å². The molecule has 0 saturated heterocycles. The molecule has 1 aromatic rings. The van der Waals surface area contributed by atoms with Gasteiger partial charge in [0.15, 0.2) is 0 Å². The van der Waals surface area contributed by atoms with Crippen molar-refractivity contribution in [1.29, 1.82) is 0 Å². The SMILES string of the molecule is Nc1cc(NS(N)(=O)=O)ccc1F. The fraction of sp³-hybridized carbons (Fsp3) is 0.